The quantitative estimate of drug-likeness (QED) is 0.751. The molecule has 5 heteroatoms. The number of methoxy groups -OCH3 is 1. The maximum Gasteiger partial charge on any atom is 0.237 e. The van der Waals surface area contributed by atoms with Crippen molar-refractivity contribution in [2.24, 2.45) is 0 Å². The normalized spacial score (nSPS) is 18.8. The molecule has 0 spiro atoms. The van der Waals surface area contributed by atoms with E-state index in [-0.39, 0.29) is 11.9 Å². The molecule has 19 heavy (non-hydrogen) atoms. The number of benzene rings is 1. The molecule has 1 heterocycles. The van der Waals surface area contributed by atoms with E-state index in [2.05, 4.69) is 10.6 Å². The molecule has 0 radical (unpaired) electrons. The van der Waals surface area contributed by atoms with Crippen molar-refractivity contribution >= 4 is 5.91 Å². The molecule has 0 bridgehead atoms. The second-order valence-corrected chi connectivity index (χ2v) is 4.44. The second-order valence-electron chi connectivity index (χ2n) is 4.44. The summed E-state index contributed by atoms with van der Waals surface area (Å²) in [6, 6.07) is 7.44. The average Bonchev–Trinajstić information content (AvgIpc) is 2.45. The standard InChI is InChI=1S/C14H20N2O3/c1-18-12-6-2-3-7-13(12)19-10-9-15-11-5-4-8-16-14(11)17/h2-3,6-7,11,15H,4-5,8-10H2,1H3,(H,16,17). The van der Waals surface area contributed by atoms with Gasteiger partial charge in [0.05, 0.1) is 13.2 Å². The topological polar surface area (TPSA) is 59.6 Å². The Kier molecular flexibility index (Phi) is 5.03. The number of para-hydroxylation sites is 2. The molecule has 1 atom stereocenters. The molecule has 0 aliphatic carbocycles. The van der Waals surface area contributed by atoms with Gasteiger partial charge in [0.15, 0.2) is 11.5 Å². The van der Waals surface area contributed by atoms with Crippen LogP contribution in [0.15, 0.2) is 24.3 Å². The highest BCUT2D eigenvalue weighted by molar-refractivity contribution is 5.82. The fraction of sp³-hybridized carbons (Fsp3) is 0.500. The zero-order chi connectivity index (χ0) is 13.5. The number of ether oxygens (including phenoxy) is 2. The Bertz CT molecular complexity index is 423. The summed E-state index contributed by atoms with van der Waals surface area (Å²) >= 11 is 0. The van der Waals surface area contributed by atoms with Crippen molar-refractivity contribution in [2.75, 3.05) is 26.8 Å². The summed E-state index contributed by atoms with van der Waals surface area (Å²) in [6.45, 7) is 1.93. The zero-order valence-corrected chi connectivity index (χ0v) is 11.1. The van der Waals surface area contributed by atoms with E-state index in [1.807, 2.05) is 24.3 Å². The molecule has 2 rings (SSSR count). The molecule has 1 saturated heterocycles. The van der Waals surface area contributed by atoms with Crippen molar-refractivity contribution in [3.8, 4) is 11.5 Å². The van der Waals surface area contributed by atoms with Gasteiger partial charge in [0.2, 0.25) is 5.91 Å². The fourth-order valence-corrected chi connectivity index (χ4v) is 2.10. The fourth-order valence-electron chi connectivity index (χ4n) is 2.10. The number of amides is 1. The summed E-state index contributed by atoms with van der Waals surface area (Å²) in [7, 11) is 1.62. The number of nitrogens with one attached hydrogen (secondary N) is 2. The number of hydrogen-bond acceptors (Lipinski definition) is 4. The molecule has 2 N–H and O–H groups in total. The van der Waals surface area contributed by atoms with Crippen LogP contribution in [0.3, 0.4) is 0 Å². The van der Waals surface area contributed by atoms with Crippen LogP contribution in [0, 0.1) is 0 Å². The van der Waals surface area contributed by atoms with Crippen molar-refractivity contribution in [1.29, 1.82) is 0 Å². The van der Waals surface area contributed by atoms with E-state index in [1.54, 1.807) is 7.11 Å². The molecule has 1 aromatic rings. The first-order chi connectivity index (χ1) is 9.31. The lowest BCUT2D eigenvalue weighted by atomic mass is 10.1. The molecular formula is C14H20N2O3. The lowest BCUT2D eigenvalue weighted by Gasteiger charge is -2.22. The number of rotatable bonds is 6. The number of hydrogen-bond donors (Lipinski definition) is 2. The SMILES string of the molecule is COc1ccccc1OCCNC1CCCNC1=O. The molecule has 0 saturated carbocycles. The molecule has 1 aromatic carbocycles. The van der Waals surface area contributed by atoms with Gasteiger partial charge in [-0.2, -0.15) is 0 Å². The predicted octanol–water partition coefficient (Wildman–Crippen LogP) is 0.942. The van der Waals surface area contributed by atoms with Gasteiger partial charge in [-0.15, -0.1) is 0 Å². The van der Waals surface area contributed by atoms with Gasteiger partial charge < -0.3 is 20.1 Å². The zero-order valence-electron chi connectivity index (χ0n) is 11.1. The van der Waals surface area contributed by atoms with E-state index in [4.69, 9.17) is 9.47 Å². The summed E-state index contributed by atoms with van der Waals surface area (Å²) < 4.78 is 10.8. The Hall–Kier alpha value is -1.75. The van der Waals surface area contributed by atoms with Gasteiger partial charge in [0.25, 0.3) is 0 Å². The Morgan fingerprint density at radius 1 is 1.37 bits per heavy atom. The van der Waals surface area contributed by atoms with E-state index >= 15 is 0 Å². The van der Waals surface area contributed by atoms with Crippen LogP contribution in [0.2, 0.25) is 0 Å². The summed E-state index contributed by atoms with van der Waals surface area (Å²) in [4.78, 5) is 11.5. The Balaban J connectivity index is 1.73. The summed E-state index contributed by atoms with van der Waals surface area (Å²) in [5.74, 6) is 1.53. The first kappa shape index (κ1) is 13.7. The third-order valence-corrected chi connectivity index (χ3v) is 3.10. The van der Waals surface area contributed by atoms with Gasteiger partial charge in [-0.25, -0.2) is 0 Å². The Morgan fingerprint density at radius 2 is 2.16 bits per heavy atom. The van der Waals surface area contributed by atoms with E-state index in [0.29, 0.717) is 13.2 Å². The Labute approximate surface area is 113 Å². The molecule has 0 aromatic heterocycles. The predicted molar refractivity (Wildman–Crippen MR) is 72.5 cm³/mol. The largest absolute Gasteiger partial charge is 0.493 e. The maximum absolute atomic E-state index is 11.5. The van der Waals surface area contributed by atoms with Crippen LogP contribution in [0.25, 0.3) is 0 Å². The smallest absolute Gasteiger partial charge is 0.237 e. The molecule has 1 aliphatic heterocycles. The van der Waals surface area contributed by atoms with Gasteiger partial charge >= 0.3 is 0 Å². The van der Waals surface area contributed by atoms with Crippen molar-refractivity contribution < 1.29 is 14.3 Å². The van der Waals surface area contributed by atoms with Crippen LogP contribution in [-0.2, 0) is 4.79 Å². The van der Waals surface area contributed by atoms with Crippen molar-refractivity contribution in [3.63, 3.8) is 0 Å². The van der Waals surface area contributed by atoms with Crippen LogP contribution in [0.4, 0.5) is 0 Å². The van der Waals surface area contributed by atoms with E-state index < -0.39 is 0 Å². The van der Waals surface area contributed by atoms with Gasteiger partial charge in [0.1, 0.15) is 6.61 Å². The van der Waals surface area contributed by atoms with Gasteiger partial charge in [-0.05, 0) is 25.0 Å². The number of carbonyl (C=O) groups is 1. The molecule has 1 fully saturated rings. The molecule has 104 valence electrons. The van der Waals surface area contributed by atoms with Crippen LogP contribution in [0.5, 0.6) is 11.5 Å². The van der Waals surface area contributed by atoms with Crippen molar-refractivity contribution in [2.45, 2.75) is 18.9 Å². The van der Waals surface area contributed by atoms with E-state index in [0.717, 1.165) is 30.9 Å². The Morgan fingerprint density at radius 3 is 2.89 bits per heavy atom. The number of piperidine rings is 1. The van der Waals surface area contributed by atoms with Gasteiger partial charge in [-0.1, -0.05) is 12.1 Å². The second kappa shape index (κ2) is 6.99. The molecule has 1 amide bonds. The summed E-state index contributed by atoms with van der Waals surface area (Å²) in [6.07, 6.45) is 1.91. The van der Waals surface area contributed by atoms with Gasteiger partial charge in [-0.3, -0.25) is 4.79 Å². The minimum Gasteiger partial charge on any atom is -0.493 e. The third kappa shape index (κ3) is 3.86. The van der Waals surface area contributed by atoms with Crippen molar-refractivity contribution in [3.05, 3.63) is 24.3 Å². The summed E-state index contributed by atoms with van der Waals surface area (Å²) in [5, 5.41) is 6.05. The van der Waals surface area contributed by atoms with Crippen molar-refractivity contribution in [1.82, 2.24) is 10.6 Å². The monoisotopic (exact) mass is 264 g/mol. The first-order valence-electron chi connectivity index (χ1n) is 6.58. The molecule has 1 aliphatic rings. The first-order valence-corrected chi connectivity index (χ1v) is 6.58. The highest BCUT2D eigenvalue weighted by Crippen LogP contribution is 2.25. The highest BCUT2D eigenvalue weighted by Gasteiger charge is 2.20. The maximum atomic E-state index is 11.5. The average molecular weight is 264 g/mol. The molecular weight excluding hydrogens is 244 g/mol. The molecule has 5 nitrogen and oxygen atoms in total. The highest BCUT2D eigenvalue weighted by atomic mass is 16.5. The summed E-state index contributed by atoms with van der Waals surface area (Å²) in [5.41, 5.74) is 0. The lowest BCUT2D eigenvalue weighted by Crippen LogP contribution is -2.49. The van der Waals surface area contributed by atoms with E-state index in [9.17, 15) is 4.79 Å². The lowest BCUT2D eigenvalue weighted by molar-refractivity contribution is -0.124. The minimum atomic E-state index is -0.0879. The minimum absolute atomic E-state index is 0.0866. The van der Waals surface area contributed by atoms with Crippen LogP contribution in [-0.4, -0.2) is 38.8 Å². The van der Waals surface area contributed by atoms with Crippen LogP contribution < -0.4 is 20.1 Å². The van der Waals surface area contributed by atoms with Gasteiger partial charge in [0, 0.05) is 13.1 Å². The number of carbonyl (C=O) groups excluding carboxylic acids is 1. The van der Waals surface area contributed by atoms with Crippen LogP contribution in [0.1, 0.15) is 12.8 Å². The van der Waals surface area contributed by atoms with E-state index in [1.165, 1.54) is 0 Å². The third-order valence-electron chi connectivity index (χ3n) is 3.10. The van der Waals surface area contributed by atoms with Crippen LogP contribution >= 0.6 is 0 Å². The molecule has 1 unspecified atom stereocenters.